The van der Waals surface area contributed by atoms with Crippen LogP contribution in [0.2, 0.25) is 0 Å². The van der Waals surface area contributed by atoms with Crippen LogP contribution in [0, 0.1) is 6.92 Å². The number of nitrogens with one attached hydrogen (secondary N) is 1. The largest absolute Gasteiger partial charge is 0.497 e. The fourth-order valence-corrected chi connectivity index (χ4v) is 3.84. The van der Waals surface area contributed by atoms with E-state index in [4.69, 9.17) is 9.47 Å². The van der Waals surface area contributed by atoms with Gasteiger partial charge in [-0.05, 0) is 37.1 Å². The van der Waals surface area contributed by atoms with E-state index in [0.29, 0.717) is 28.5 Å². The Morgan fingerprint density at radius 2 is 1.96 bits per heavy atom. The molecular weight excluding hydrogens is 342 g/mol. The highest BCUT2D eigenvalue weighted by molar-refractivity contribution is 7.16. The van der Waals surface area contributed by atoms with Crippen molar-refractivity contribution < 1.29 is 24.2 Å². The van der Waals surface area contributed by atoms with Crippen molar-refractivity contribution >= 4 is 28.2 Å². The third-order valence-electron chi connectivity index (χ3n) is 3.87. The zero-order chi connectivity index (χ0) is 18.6. The number of thiophene rings is 1. The number of benzene rings is 1. The zero-order valence-corrected chi connectivity index (χ0v) is 15.5. The molecule has 0 bridgehead atoms. The van der Waals surface area contributed by atoms with E-state index >= 15 is 0 Å². The summed E-state index contributed by atoms with van der Waals surface area (Å²) in [6.45, 7) is 3.75. The molecule has 0 atom stereocenters. The van der Waals surface area contributed by atoms with Crippen molar-refractivity contribution in [3.05, 3.63) is 39.8 Å². The van der Waals surface area contributed by atoms with Gasteiger partial charge in [0.15, 0.2) is 0 Å². The van der Waals surface area contributed by atoms with E-state index in [1.807, 2.05) is 13.8 Å². The standard InChI is InChI=1S/C18H21NO5S/c1-5-13-10(2)25-17(16(13)18(21)22)19-15(20)9-11-8-12(23-3)6-7-14(11)24-4/h6-8H,5,9H2,1-4H3,(H,19,20)(H,21,22). The van der Waals surface area contributed by atoms with E-state index in [-0.39, 0.29) is 17.9 Å². The summed E-state index contributed by atoms with van der Waals surface area (Å²) < 4.78 is 10.4. The number of methoxy groups -OCH3 is 2. The minimum Gasteiger partial charge on any atom is -0.497 e. The normalized spacial score (nSPS) is 10.4. The van der Waals surface area contributed by atoms with Crippen LogP contribution in [0.4, 0.5) is 5.00 Å². The Bertz CT molecular complexity index is 797. The zero-order valence-electron chi connectivity index (χ0n) is 14.6. The van der Waals surface area contributed by atoms with Crippen LogP contribution in [-0.2, 0) is 17.6 Å². The molecule has 0 aliphatic heterocycles. The summed E-state index contributed by atoms with van der Waals surface area (Å²) in [6, 6.07) is 5.21. The molecule has 7 heteroatoms. The van der Waals surface area contributed by atoms with Crippen LogP contribution in [0.15, 0.2) is 18.2 Å². The number of aromatic carboxylic acids is 1. The highest BCUT2D eigenvalue weighted by Gasteiger charge is 2.22. The average molecular weight is 363 g/mol. The average Bonchev–Trinajstić information content (AvgIpc) is 2.89. The second kappa shape index (κ2) is 8.02. The van der Waals surface area contributed by atoms with Crippen molar-refractivity contribution in [2.24, 2.45) is 0 Å². The molecule has 1 heterocycles. The highest BCUT2D eigenvalue weighted by atomic mass is 32.1. The SMILES string of the molecule is CCc1c(C)sc(NC(=O)Cc2cc(OC)ccc2OC)c1C(=O)O. The van der Waals surface area contributed by atoms with Gasteiger partial charge < -0.3 is 19.9 Å². The minimum absolute atomic E-state index is 0.0534. The molecule has 0 saturated heterocycles. The fraction of sp³-hybridized carbons (Fsp3) is 0.333. The molecule has 2 rings (SSSR count). The predicted octanol–water partition coefficient (Wildman–Crippen LogP) is 3.52. The van der Waals surface area contributed by atoms with Crippen molar-refractivity contribution in [1.29, 1.82) is 0 Å². The number of carbonyl (C=O) groups is 2. The maximum Gasteiger partial charge on any atom is 0.339 e. The number of aryl methyl sites for hydroxylation is 1. The maximum atomic E-state index is 12.4. The topological polar surface area (TPSA) is 84.9 Å². The lowest BCUT2D eigenvalue weighted by Crippen LogP contribution is -2.16. The minimum atomic E-state index is -1.03. The number of amides is 1. The monoisotopic (exact) mass is 363 g/mol. The molecular formula is C18H21NO5S. The molecule has 0 saturated carbocycles. The molecule has 25 heavy (non-hydrogen) atoms. The fourth-order valence-electron chi connectivity index (χ4n) is 2.68. The molecule has 2 N–H and O–H groups in total. The molecule has 1 aromatic carbocycles. The van der Waals surface area contributed by atoms with Crippen molar-refractivity contribution in [2.75, 3.05) is 19.5 Å². The maximum absolute atomic E-state index is 12.4. The Morgan fingerprint density at radius 1 is 1.24 bits per heavy atom. The van der Waals surface area contributed by atoms with Crippen LogP contribution >= 0.6 is 11.3 Å². The van der Waals surface area contributed by atoms with Gasteiger partial charge in [0.05, 0.1) is 26.2 Å². The summed E-state index contributed by atoms with van der Waals surface area (Å²) in [5.74, 6) is -0.144. The van der Waals surface area contributed by atoms with Gasteiger partial charge in [0, 0.05) is 10.4 Å². The summed E-state index contributed by atoms with van der Waals surface area (Å²) in [5, 5.41) is 12.6. The second-order valence-electron chi connectivity index (χ2n) is 5.40. The van der Waals surface area contributed by atoms with Crippen LogP contribution in [0.25, 0.3) is 0 Å². The van der Waals surface area contributed by atoms with Gasteiger partial charge in [0.1, 0.15) is 16.5 Å². The quantitative estimate of drug-likeness (QED) is 0.786. The Balaban J connectivity index is 2.26. The lowest BCUT2D eigenvalue weighted by atomic mass is 10.1. The van der Waals surface area contributed by atoms with Crippen molar-refractivity contribution in [3.63, 3.8) is 0 Å². The van der Waals surface area contributed by atoms with Gasteiger partial charge in [-0.25, -0.2) is 4.79 Å². The van der Waals surface area contributed by atoms with Gasteiger partial charge in [0.25, 0.3) is 0 Å². The van der Waals surface area contributed by atoms with E-state index in [0.717, 1.165) is 10.4 Å². The van der Waals surface area contributed by atoms with Gasteiger partial charge >= 0.3 is 5.97 Å². The van der Waals surface area contributed by atoms with Gasteiger partial charge in [-0.2, -0.15) is 0 Å². The molecule has 0 fully saturated rings. The summed E-state index contributed by atoms with van der Waals surface area (Å²) in [7, 11) is 3.08. The third-order valence-corrected chi connectivity index (χ3v) is 4.93. The molecule has 2 aromatic rings. The number of rotatable bonds is 7. The first-order valence-corrected chi connectivity index (χ1v) is 8.59. The van der Waals surface area contributed by atoms with Crippen LogP contribution in [-0.4, -0.2) is 31.2 Å². The summed E-state index contributed by atoms with van der Waals surface area (Å²) in [4.78, 5) is 24.9. The Morgan fingerprint density at radius 3 is 2.52 bits per heavy atom. The first-order valence-electron chi connectivity index (χ1n) is 7.77. The van der Waals surface area contributed by atoms with Crippen molar-refractivity contribution in [1.82, 2.24) is 0 Å². The highest BCUT2D eigenvalue weighted by Crippen LogP contribution is 2.34. The summed E-state index contributed by atoms with van der Waals surface area (Å²) >= 11 is 1.28. The van der Waals surface area contributed by atoms with Crippen LogP contribution < -0.4 is 14.8 Å². The second-order valence-corrected chi connectivity index (χ2v) is 6.63. The van der Waals surface area contributed by atoms with Crippen LogP contribution in [0.3, 0.4) is 0 Å². The number of hydrogen-bond donors (Lipinski definition) is 2. The number of anilines is 1. The van der Waals surface area contributed by atoms with Gasteiger partial charge in [0.2, 0.25) is 5.91 Å². The first kappa shape index (κ1) is 18.8. The molecule has 1 aromatic heterocycles. The molecule has 0 aliphatic carbocycles. The number of ether oxygens (including phenoxy) is 2. The van der Waals surface area contributed by atoms with E-state index in [2.05, 4.69) is 5.32 Å². The predicted molar refractivity (Wildman–Crippen MR) is 97.3 cm³/mol. The van der Waals surface area contributed by atoms with Crippen LogP contribution in [0.1, 0.15) is 33.3 Å². The van der Waals surface area contributed by atoms with Crippen LogP contribution in [0.5, 0.6) is 11.5 Å². The molecule has 6 nitrogen and oxygen atoms in total. The third kappa shape index (κ3) is 4.11. The molecule has 134 valence electrons. The Kier molecular flexibility index (Phi) is 6.03. The van der Waals surface area contributed by atoms with E-state index in [1.165, 1.54) is 18.4 Å². The molecule has 0 radical (unpaired) electrons. The summed E-state index contributed by atoms with van der Waals surface area (Å²) in [5.41, 5.74) is 1.60. The van der Waals surface area contributed by atoms with Crippen molar-refractivity contribution in [2.45, 2.75) is 26.7 Å². The Hall–Kier alpha value is -2.54. The molecule has 0 spiro atoms. The van der Waals surface area contributed by atoms with E-state index < -0.39 is 5.97 Å². The number of carbonyl (C=O) groups excluding carboxylic acids is 1. The molecule has 0 unspecified atom stereocenters. The van der Waals surface area contributed by atoms with E-state index in [9.17, 15) is 14.7 Å². The lowest BCUT2D eigenvalue weighted by Gasteiger charge is -2.10. The Labute approximate surface area is 150 Å². The smallest absolute Gasteiger partial charge is 0.339 e. The van der Waals surface area contributed by atoms with Gasteiger partial charge in [-0.1, -0.05) is 6.92 Å². The van der Waals surface area contributed by atoms with Crippen molar-refractivity contribution in [3.8, 4) is 11.5 Å². The number of carboxylic acid groups (broad SMARTS) is 1. The molecule has 0 aliphatic rings. The number of hydrogen-bond acceptors (Lipinski definition) is 5. The van der Waals surface area contributed by atoms with E-state index in [1.54, 1.807) is 25.3 Å². The lowest BCUT2D eigenvalue weighted by molar-refractivity contribution is -0.115. The van der Waals surface area contributed by atoms with Gasteiger partial charge in [-0.3, -0.25) is 4.79 Å². The van der Waals surface area contributed by atoms with Gasteiger partial charge in [-0.15, -0.1) is 11.3 Å². The molecule has 1 amide bonds. The summed E-state index contributed by atoms with van der Waals surface area (Å²) in [6.07, 6.45) is 0.654. The number of carboxylic acids is 1. The first-order chi connectivity index (χ1) is 11.9.